The molecule has 6 heteroatoms. The monoisotopic (exact) mass is 405 g/mol. The standard InChI is InChI=1S/C23H16ClNO4/c24-17-7-5-15(6-8-17)14-28-19-11-9-18(10-12-19)25-22(26)20-13-16-3-1-2-4-21(16)29-23(20)27/h1-13H,14H2,(H,25,26). The highest BCUT2D eigenvalue weighted by Gasteiger charge is 2.14. The first-order valence-electron chi connectivity index (χ1n) is 8.90. The van der Waals surface area contributed by atoms with E-state index in [1.807, 2.05) is 30.3 Å². The highest BCUT2D eigenvalue weighted by Crippen LogP contribution is 2.19. The third kappa shape index (κ3) is 4.47. The van der Waals surface area contributed by atoms with Crippen LogP contribution < -0.4 is 15.7 Å². The quantitative estimate of drug-likeness (QED) is 0.459. The normalized spacial score (nSPS) is 10.7. The lowest BCUT2D eigenvalue weighted by molar-refractivity contribution is 0.102. The van der Waals surface area contributed by atoms with Gasteiger partial charge in [0.05, 0.1) is 0 Å². The van der Waals surface area contributed by atoms with Crippen LogP contribution in [0, 0.1) is 0 Å². The smallest absolute Gasteiger partial charge is 0.349 e. The lowest BCUT2D eigenvalue weighted by Crippen LogP contribution is -2.20. The first-order valence-corrected chi connectivity index (χ1v) is 9.28. The van der Waals surface area contributed by atoms with Crippen molar-refractivity contribution >= 4 is 34.2 Å². The maximum Gasteiger partial charge on any atom is 0.349 e. The van der Waals surface area contributed by atoms with Crippen molar-refractivity contribution in [3.05, 3.63) is 105 Å². The van der Waals surface area contributed by atoms with Gasteiger partial charge >= 0.3 is 5.63 Å². The van der Waals surface area contributed by atoms with Crippen LogP contribution in [0.15, 0.2) is 88.1 Å². The van der Waals surface area contributed by atoms with Gasteiger partial charge in [-0.2, -0.15) is 0 Å². The Kier molecular flexibility index (Phi) is 5.31. The number of ether oxygens (including phenoxy) is 1. The van der Waals surface area contributed by atoms with E-state index in [1.165, 1.54) is 6.07 Å². The molecule has 1 amide bonds. The summed E-state index contributed by atoms with van der Waals surface area (Å²) in [5, 5.41) is 4.06. The van der Waals surface area contributed by atoms with Gasteiger partial charge in [-0.15, -0.1) is 0 Å². The molecule has 4 rings (SSSR count). The molecular formula is C23H16ClNO4. The van der Waals surface area contributed by atoms with Gasteiger partial charge in [-0.05, 0) is 54.1 Å². The number of anilines is 1. The minimum absolute atomic E-state index is 0.0493. The van der Waals surface area contributed by atoms with E-state index in [4.69, 9.17) is 20.8 Å². The van der Waals surface area contributed by atoms with Crippen molar-refractivity contribution < 1.29 is 13.9 Å². The maximum atomic E-state index is 12.5. The van der Waals surface area contributed by atoms with E-state index in [-0.39, 0.29) is 5.56 Å². The molecule has 1 heterocycles. The Morgan fingerprint density at radius 3 is 2.45 bits per heavy atom. The number of nitrogens with one attached hydrogen (secondary N) is 1. The molecule has 0 saturated carbocycles. The number of benzene rings is 3. The molecule has 0 unspecified atom stereocenters. The second-order valence-corrected chi connectivity index (χ2v) is 6.82. The zero-order chi connectivity index (χ0) is 20.2. The third-order valence-corrected chi connectivity index (χ3v) is 4.57. The zero-order valence-corrected chi connectivity index (χ0v) is 16.0. The molecule has 29 heavy (non-hydrogen) atoms. The highest BCUT2D eigenvalue weighted by molar-refractivity contribution is 6.30. The largest absolute Gasteiger partial charge is 0.489 e. The van der Waals surface area contributed by atoms with Crippen LogP contribution in [0.4, 0.5) is 5.69 Å². The molecule has 4 aromatic rings. The lowest BCUT2D eigenvalue weighted by Gasteiger charge is -2.09. The number of carbonyl (C=O) groups excluding carboxylic acids is 1. The maximum absolute atomic E-state index is 12.5. The van der Waals surface area contributed by atoms with Gasteiger partial charge in [0, 0.05) is 16.1 Å². The van der Waals surface area contributed by atoms with Crippen LogP contribution >= 0.6 is 11.6 Å². The Morgan fingerprint density at radius 1 is 0.966 bits per heavy atom. The molecule has 0 radical (unpaired) electrons. The number of fused-ring (bicyclic) bond motifs is 1. The van der Waals surface area contributed by atoms with Crippen LogP contribution in [-0.2, 0) is 6.61 Å². The summed E-state index contributed by atoms with van der Waals surface area (Å²) < 4.78 is 10.9. The summed E-state index contributed by atoms with van der Waals surface area (Å²) in [4.78, 5) is 24.6. The average Bonchev–Trinajstić information content (AvgIpc) is 2.74. The number of hydrogen-bond donors (Lipinski definition) is 1. The van der Waals surface area contributed by atoms with E-state index in [2.05, 4.69) is 5.32 Å². The molecule has 0 aliphatic heterocycles. The minimum Gasteiger partial charge on any atom is -0.489 e. The van der Waals surface area contributed by atoms with Crippen molar-refractivity contribution in [2.24, 2.45) is 0 Å². The molecule has 144 valence electrons. The van der Waals surface area contributed by atoms with Crippen LogP contribution in [0.2, 0.25) is 5.02 Å². The fraction of sp³-hybridized carbons (Fsp3) is 0.0435. The van der Waals surface area contributed by atoms with Crippen molar-refractivity contribution in [1.29, 1.82) is 0 Å². The van der Waals surface area contributed by atoms with Gasteiger partial charge in [0.15, 0.2) is 0 Å². The van der Waals surface area contributed by atoms with Crippen molar-refractivity contribution in [3.63, 3.8) is 0 Å². The molecule has 1 aromatic heterocycles. The summed E-state index contributed by atoms with van der Waals surface area (Å²) in [6, 6.07) is 22.9. The van der Waals surface area contributed by atoms with Gasteiger partial charge in [0.1, 0.15) is 23.5 Å². The summed E-state index contributed by atoms with van der Waals surface area (Å²) in [5.41, 5.74) is 1.25. The molecule has 0 fully saturated rings. The fourth-order valence-corrected chi connectivity index (χ4v) is 2.93. The van der Waals surface area contributed by atoms with Crippen molar-refractivity contribution in [3.8, 4) is 5.75 Å². The van der Waals surface area contributed by atoms with Crippen LogP contribution in [0.25, 0.3) is 11.0 Å². The molecule has 0 aliphatic rings. The number of hydrogen-bond acceptors (Lipinski definition) is 4. The number of amides is 1. The number of para-hydroxylation sites is 1. The number of carbonyl (C=O) groups is 1. The molecule has 0 spiro atoms. The SMILES string of the molecule is O=C(Nc1ccc(OCc2ccc(Cl)cc2)cc1)c1cc2ccccc2oc1=O. The van der Waals surface area contributed by atoms with Crippen LogP contribution in [-0.4, -0.2) is 5.91 Å². The van der Waals surface area contributed by atoms with Crippen molar-refractivity contribution in [2.75, 3.05) is 5.32 Å². The van der Waals surface area contributed by atoms with E-state index in [1.54, 1.807) is 42.5 Å². The van der Waals surface area contributed by atoms with Gasteiger partial charge in [0.2, 0.25) is 0 Å². The summed E-state index contributed by atoms with van der Waals surface area (Å²) in [5.74, 6) is 0.127. The van der Waals surface area contributed by atoms with Crippen molar-refractivity contribution in [2.45, 2.75) is 6.61 Å². The van der Waals surface area contributed by atoms with Gasteiger partial charge in [0.25, 0.3) is 5.91 Å². The second kappa shape index (κ2) is 8.20. The van der Waals surface area contributed by atoms with E-state index in [0.29, 0.717) is 34.0 Å². The third-order valence-electron chi connectivity index (χ3n) is 4.32. The van der Waals surface area contributed by atoms with E-state index < -0.39 is 11.5 Å². The van der Waals surface area contributed by atoms with Crippen LogP contribution in [0.3, 0.4) is 0 Å². The predicted molar refractivity (Wildman–Crippen MR) is 113 cm³/mol. The van der Waals surface area contributed by atoms with Crippen LogP contribution in [0.5, 0.6) is 5.75 Å². The molecule has 1 N–H and O–H groups in total. The summed E-state index contributed by atoms with van der Waals surface area (Å²) in [6.45, 7) is 0.404. The Labute approximate surface area is 171 Å². The topological polar surface area (TPSA) is 68.5 Å². The first kappa shape index (κ1) is 18.8. The van der Waals surface area contributed by atoms with E-state index in [9.17, 15) is 9.59 Å². The highest BCUT2D eigenvalue weighted by atomic mass is 35.5. The first-order chi connectivity index (χ1) is 14.1. The summed E-state index contributed by atoms with van der Waals surface area (Å²) >= 11 is 5.87. The lowest BCUT2D eigenvalue weighted by atomic mass is 10.1. The molecule has 3 aromatic carbocycles. The molecule has 0 saturated heterocycles. The zero-order valence-electron chi connectivity index (χ0n) is 15.2. The molecule has 0 aliphatic carbocycles. The number of halogens is 1. The minimum atomic E-state index is -0.677. The van der Waals surface area contributed by atoms with Gasteiger partial charge in [-0.3, -0.25) is 4.79 Å². The molecule has 5 nitrogen and oxygen atoms in total. The van der Waals surface area contributed by atoms with Gasteiger partial charge in [-0.1, -0.05) is 41.9 Å². The fourth-order valence-electron chi connectivity index (χ4n) is 2.80. The van der Waals surface area contributed by atoms with E-state index in [0.717, 1.165) is 5.56 Å². The predicted octanol–water partition coefficient (Wildman–Crippen LogP) is 5.28. The summed E-state index contributed by atoms with van der Waals surface area (Å²) in [6.07, 6.45) is 0. The Balaban J connectivity index is 1.43. The number of rotatable bonds is 5. The molecule has 0 atom stereocenters. The molecular weight excluding hydrogens is 390 g/mol. The Bertz CT molecular complexity index is 1210. The van der Waals surface area contributed by atoms with E-state index >= 15 is 0 Å². The average molecular weight is 406 g/mol. The van der Waals surface area contributed by atoms with Gasteiger partial charge in [-0.25, -0.2) is 4.79 Å². The van der Waals surface area contributed by atoms with Gasteiger partial charge < -0.3 is 14.5 Å². The Hall–Kier alpha value is -3.57. The van der Waals surface area contributed by atoms with Crippen LogP contribution in [0.1, 0.15) is 15.9 Å². The molecule has 0 bridgehead atoms. The summed E-state index contributed by atoms with van der Waals surface area (Å²) in [7, 11) is 0. The second-order valence-electron chi connectivity index (χ2n) is 6.38. The Morgan fingerprint density at radius 2 is 1.69 bits per heavy atom. The van der Waals surface area contributed by atoms with Crippen molar-refractivity contribution in [1.82, 2.24) is 0 Å².